The third-order valence-corrected chi connectivity index (χ3v) is 3.06. The van der Waals surface area contributed by atoms with E-state index in [1.54, 1.807) is 6.07 Å². The van der Waals surface area contributed by atoms with Gasteiger partial charge in [-0.1, -0.05) is 18.2 Å². The van der Waals surface area contributed by atoms with Crippen molar-refractivity contribution in [2.75, 3.05) is 19.6 Å². The summed E-state index contributed by atoms with van der Waals surface area (Å²) in [6.45, 7) is 3.50. The summed E-state index contributed by atoms with van der Waals surface area (Å²) in [6.07, 6.45) is 1.14. The van der Waals surface area contributed by atoms with Crippen molar-refractivity contribution < 1.29 is 4.39 Å². The van der Waals surface area contributed by atoms with Crippen LogP contribution >= 0.6 is 12.4 Å². The highest BCUT2D eigenvalue weighted by atomic mass is 35.5. The third-order valence-electron chi connectivity index (χ3n) is 3.06. The maximum Gasteiger partial charge on any atom is 0.127 e. The molecule has 1 aliphatic rings. The van der Waals surface area contributed by atoms with Crippen LogP contribution in [0.4, 0.5) is 4.39 Å². The molecule has 0 amide bonds. The van der Waals surface area contributed by atoms with Gasteiger partial charge in [-0.3, -0.25) is 4.90 Å². The lowest BCUT2D eigenvalue weighted by molar-refractivity contribution is 0.312. The smallest absolute Gasteiger partial charge is 0.127 e. The highest BCUT2D eigenvalue weighted by Crippen LogP contribution is 2.18. The van der Waals surface area contributed by atoms with Crippen molar-refractivity contribution in [3.8, 4) is 0 Å². The molecular weight excluding hydrogens is 227 g/mol. The summed E-state index contributed by atoms with van der Waals surface area (Å²) >= 11 is 0. The first-order valence-electron chi connectivity index (χ1n) is 5.45. The Morgan fingerprint density at radius 2 is 2.12 bits per heavy atom. The van der Waals surface area contributed by atoms with Crippen molar-refractivity contribution in [3.05, 3.63) is 35.6 Å². The van der Waals surface area contributed by atoms with Gasteiger partial charge in [0.25, 0.3) is 0 Å². The normalized spacial score (nSPS) is 20.8. The molecule has 0 aromatic heterocycles. The largest absolute Gasteiger partial charge is 0.330 e. The molecule has 2 N–H and O–H groups in total. The van der Waals surface area contributed by atoms with Crippen molar-refractivity contribution in [1.82, 2.24) is 4.90 Å². The number of nitrogens with zero attached hydrogens (tertiary/aromatic N) is 1. The maximum absolute atomic E-state index is 13.4. The summed E-state index contributed by atoms with van der Waals surface area (Å²) in [5.41, 5.74) is 6.41. The molecule has 1 aliphatic heterocycles. The Morgan fingerprint density at radius 3 is 2.75 bits per heavy atom. The van der Waals surface area contributed by atoms with E-state index >= 15 is 0 Å². The molecule has 4 heteroatoms. The first kappa shape index (κ1) is 13.4. The number of nitrogens with two attached hydrogens (primary N) is 1. The molecule has 1 unspecified atom stereocenters. The Hall–Kier alpha value is -0.640. The Bertz CT molecular complexity index is 333. The minimum absolute atomic E-state index is 0. The number of likely N-dealkylation sites (tertiary alicyclic amines) is 1. The average molecular weight is 245 g/mol. The first-order chi connectivity index (χ1) is 7.29. The van der Waals surface area contributed by atoms with Gasteiger partial charge in [0.05, 0.1) is 0 Å². The van der Waals surface area contributed by atoms with Crippen LogP contribution < -0.4 is 5.73 Å². The summed E-state index contributed by atoms with van der Waals surface area (Å²) in [6, 6.07) is 6.98. The van der Waals surface area contributed by atoms with Crippen LogP contribution in [-0.4, -0.2) is 24.5 Å². The van der Waals surface area contributed by atoms with Crippen LogP contribution in [0, 0.1) is 11.7 Å². The van der Waals surface area contributed by atoms with Gasteiger partial charge in [0.1, 0.15) is 5.82 Å². The molecule has 1 atom stereocenters. The van der Waals surface area contributed by atoms with Crippen LogP contribution in [0.2, 0.25) is 0 Å². The van der Waals surface area contributed by atoms with E-state index in [1.165, 1.54) is 6.07 Å². The quantitative estimate of drug-likeness (QED) is 0.882. The fraction of sp³-hybridized carbons (Fsp3) is 0.500. The van der Waals surface area contributed by atoms with E-state index in [4.69, 9.17) is 5.73 Å². The van der Waals surface area contributed by atoms with Crippen molar-refractivity contribution in [2.24, 2.45) is 11.7 Å². The van der Waals surface area contributed by atoms with Gasteiger partial charge in [0.2, 0.25) is 0 Å². The van der Waals surface area contributed by atoms with E-state index in [9.17, 15) is 4.39 Å². The Balaban J connectivity index is 0.00000128. The molecule has 1 heterocycles. The highest BCUT2D eigenvalue weighted by Gasteiger charge is 2.21. The number of halogens is 2. The van der Waals surface area contributed by atoms with E-state index in [0.717, 1.165) is 31.6 Å². The van der Waals surface area contributed by atoms with Crippen LogP contribution in [-0.2, 0) is 6.54 Å². The van der Waals surface area contributed by atoms with Crippen LogP contribution in [0.25, 0.3) is 0 Å². The number of benzene rings is 1. The molecule has 0 bridgehead atoms. The van der Waals surface area contributed by atoms with Gasteiger partial charge in [0, 0.05) is 18.7 Å². The molecule has 0 aliphatic carbocycles. The topological polar surface area (TPSA) is 29.3 Å². The van der Waals surface area contributed by atoms with E-state index in [-0.39, 0.29) is 18.2 Å². The minimum atomic E-state index is -0.103. The Morgan fingerprint density at radius 1 is 1.38 bits per heavy atom. The lowest BCUT2D eigenvalue weighted by Crippen LogP contribution is -2.23. The minimum Gasteiger partial charge on any atom is -0.330 e. The Kier molecular flexibility index (Phi) is 5.19. The van der Waals surface area contributed by atoms with E-state index in [0.29, 0.717) is 12.5 Å². The standard InChI is InChI=1S/C12H17FN2.ClH/c13-12-4-2-1-3-11(12)9-15-6-5-10(7-14)8-15;/h1-4,10H,5-9,14H2;1H. The van der Waals surface area contributed by atoms with Crippen LogP contribution in [0.1, 0.15) is 12.0 Å². The molecule has 2 nitrogen and oxygen atoms in total. The van der Waals surface area contributed by atoms with Crippen molar-refractivity contribution >= 4 is 12.4 Å². The highest BCUT2D eigenvalue weighted by molar-refractivity contribution is 5.85. The zero-order valence-electron chi connectivity index (χ0n) is 9.23. The fourth-order valence-electron chi connectivity index (χ4n) is 2.12. The van der Waals surface area contributed by atoms with Crippen molar-refractivity contribution in [2.45, 2.75) is 13.0 Å². The van der Waals surface area contributed by atoms with E-state index in [1.807, 2.05) is 12.1 Å². The summed E-state index contributed by atoms with van der Waals surface area (Å²) in [5.74, 6) is 0.491. The summed E-state index contributed by atoms with van der Waals surface area (Å²) < 4.78 is 13.4. The lowest BCUT2D eigenvalue weighted by Gasteiger charge is -2.15. The van der Waals surface area contributed by atoms with Crippen LogP contribution in [0.15, 0.2) is 24.3 Å². The molecule has 0 spiro atoms. The third kappa shape index (κ3) is 3.17. The number of hydrogen-bond donors (Lipinski definition) is 1. The van der Waals surface area contributed by atoms with Gasteiger partial charge in [-0.15, -0.1) is 12.4 Å². The van der Waals surface area contributed by atoms with Crippen LogP contribution in [0.5, 0.6) is 0 Å². The fourth-order valence-corrected chi connectivity index (χ4v) is 2.12. The second kappa shape index (κ2) is 6.18. The van der Waals surface area contributed by atoms with Gasteiger partial charge in [-0.05, 0) is 31.5 Å². The molecule has 2 rings (SSSR count). The molecule has 0 radical (unpaired) electrons. The van der Waals surface area contributed by atoms with Gasteiger partial charge in [-0.25, -0.2) is 4.39 Å². The summed E-state index contributed by atoms with van der Waals surface area (Å²) in [5, 5.41) is 0. The van der Waals surface area contributed by atoms with E-state index < -0.39 is 0 Å². The molecule has 1 aromatic rings. The molecule has 0 saturated carbocycles. The average Bonchev–Trinajstić information content (AvgIpc) is 2.69. The summed E-state index contributed by atoms with van der Waals surface area (Å²) in [7, 11) is 0. The monoisotopic (exact) mass is 244 g/mol. The second-order valence-electron chi connectivity index (χ2n) is 4.22. The first-order valence-corrected chi connectivity index (χ1v) is 5.45. The molecule has 90 valence electrons. The number of rotatable bonds is 3. The zero-order chi connectivity index (χ0) is 10.7. The molecular formula is C12H18ClFN2. The van der Waals surface area contributed by atoms with Gasteiger partial charge < -0.3 is 5.73 Å². The van der Waals surface area contributed by atoms with Crippen molar-refractivity contribution in [3.63, 3.8) is 0 Å². The maximum atomic E-state index is 13.4. The molecule has 16 heavy (non-hydrogen) atoms. The molecule has 1 saturated heterocycles. The second-order valence-corrected chi connectivity index (χ2v) is 4.22. The SMILES string of the molecule is Cl.NCC1CCN(Cc2ccccc2F)C1. The zero-order valence-corrected chi connectivity index (χ0v) is 10.0. The summed E-state index contributed by atoms with van der Waals surface area (Å²) in [4.78, 5) is 2.27. The lowest BCUT2D eigenvalue weighted by atomic mass is 10.1. The van der Waals surface area contributed by atoms with Gasteiger partial charge in [-0.2, -0.15) is 0 Å². The van der Waals surface area contributed by atoms with Crippen LogP contribution in [0.3, 0.4) is 0 Å². The van der Waals surface area contributed by atoms with Crippen molar-refractivity contribution in [1.29, 1.82) is 0 Å². The van der Waals surface area contributed by atoms with Gasteiger partial charge in [0.15, 0.2) is 0 Å². The molecule has 1 fully saturated rings. The molecule has 1 aromatic carbocycles. The predicted molar refractivity (Wildman–Crippen MR) is 66.1 cm³/mol. The van der Waals surface area contributed by atoms with E-state index in [2.05, 4.69) is 4.90 Å². The number of hydrogen-bond acceptors (Lipinski definition) is 2. The van der Waals surface area contributed by atoms with Gasteiger partial charge >= 0.3 is 0 Å². The Labute approximate surface area is 102 Å². The predicted octanol–water partition coefficient (Wildman–Crippen LogP) is 2.03.